The molecule has 1 saturated heterocycles. The van der Waals surface area contributed by atoms with Gasteiger partial charge in [-0.25, -0.2) is 15.0 Å². The van der Waals surface area contributed by atoms with E-state index in [4.69, 9.17) is 4.74 Å². The number of nitrogens with one attached hydrogen (secondary N) is 1. The summed E-state index contributed by atoms with van der Waals surface area (Å²) in [6, 6.07) is 9.94. The number of rotatable bonds is 4. The van der Waals surface area contributed by atoms with Crippen LogP contribution >= 0.6 is 0 Å². The number of ether oxygens (including phenoxy) is 1. The quantitative estimate of drug-likeness (QED) is 0.801. The number of fused-ring (bicyclic) bond motifs is 1. The first-order valence-corrected chi connectivity index (χ1v) is 7.50. The van der Waals surface area contributed by atoms with Crippen molar-refractivity contribution in [2.75, 3.05) is 11.9 Å². The number of hydrogen-bond donors (Lipinski definition) is 1. The maximum Gasteiger partial charge on any atom is 0.165 e. The molecule has 0 radical (unpaired) electrons. The molecular formula is C16H17N5O. The van der Waals surface area contributed by atoms with Gasteiger partial charge in [0.2, 0.25) is 0 Å². The Morgan fingerprint density at radius 2 is 2.09 bits per heavy atom. The Bertz CT molecular complexity index is 765. The van der Waals surface area contributed by atoms with E-state index in [9.17, 15) is 0 Å². The standard InChI is InChI=1S/C16H17N5O/c1-2-5-12(6-3-1)20-15-14-16(18-10-17-15)21(11-19-14)9-13-7-4-8-22-13/h1-3,5-6,10-11,13H,4,7-9H2,(H,17,18,20). The van der Waals surface area contributed by atoms with E-state index in [1.807, 2.05) is 41.2 Å². The van der Waals surface area contributed by atoms with Gasteiger partial charge < -0.3 is 14.6 Å². The molecule has 1 atom stereocenters. The first kappa shape index (κ1) is 13.2. The van der Waals surface area contributed by atoms with Crippen LogP contribution in [0.1, 0.15) is 12.8 Å². The van der Waals surface area contributed by atoms with Crippen LogP contribution in [0.5, 0.6) is 0 Å². The Labute approximate surface area is 128 Å². The van der Waals surface area contributed by atoms with E-state index >= 15 is 0 Å². The van der Waals surface area contributed by atoms with E-state index in [1.54, 1.807) is 6.33 Å². The maximum absolute atomic E-state index is 5.69. The molecule has 0 aliphatic carbocycles. The summed E-state index contributed by atoms with van der Waals surface area (Å²) in [5.41, 5.74) is 2.60. The van der Waals surface area contributed by atoms with Gasteiger partial charge in [0.15, 0.2) is 17.0 Å². The molecule has 0 bridgehead atoms. The molecule has 6 nitrogen and oxygen atoms in total. The van der Waals surface area contributed by atoms with E-state index in [0.717, 1.165) is 48.7 Å². The largest absolute Gasteiger partial charge is 0.376 e. The van der Waals surface area contributed by atoms with Gasteiger partial charge in [-0.15, -0.1) is 0 Å². The van der Waals surface area contributed by atoms with E-state index in [2.05, 4.69) is 20.3 Å². The fourth-order valence-corrected chi connectivity index (χ4v) is 2.77. The number of nitrogens with zero attached hydrogens (tertiary/aromatic N) is 4. The minimum Gasteiger partial charge on any atom is -0.376 e. The number of aromatic nitrogens is 4. The summed E-state index contributed by atoms with van der Waals surface area (Å²) in [4.78, 5) is 13.2. The summed E-state index contributed by atoms with van der Waals surface area (Å²) in [5.74, 6) is 0.724. The minimum absolute atomic E-state index is 0.262. The summed E-state index contributed by atoms with van der Waals surface area (Å²) >= 11 is 0. The van der Waals surface area contributed by atoms with Crippen molar-refractivity contribution in [3.05, 3.63) is 43.0 Å². The average Bonchev–Trinajstić information content (AvgIpc) is 3.20. The normalized spacial score (nSPS) is 17.9. The molecule has 22 heavy (non-hydrogen) atoms. The molecule has 1 aromatic carbocycles. The van der Waals surface area contributed by atoms with Crippen LogP contribution in [0.25, 0.3) is 11.2 Å². The topological polar surface area (TPSA) is 64.9 Å². The molecule has 112 valence electrons. The highest BCUT2D eigenvalue weighted by Crippen LogP contribution is 2.23. The van der Waals surface area contributed by atoms with Crippen molar-refractivity contribution in [1.29, 1.82) is 0 Å². The fraction of sp³-hybridized carbons (Fsp3) is 0.312. The lowest BCUT2D eigenvalue weighted by molar-refractivity contribution is 0.0978. The molecule has 0 saturated carbocycles. The van der Waals surface area contributed by atoms with Crippen LogP contribution < -0.4 is 5.32 Å². The second-order valence-corrected chi connectivity index (χ2v) is 5.42. The molecule has 0 spiro atoms. The maximum atomic E-state index is 5.69. The summed E-state index contributed by atoms with van der Waals surface area (Å²) in [6.45, 7) is 1.64. The fourth-order valence-electron chi connectivity index (χ4n) is 2.77. The van der Waals surface area contributed by atoms with Gasteiger partial charge in [-0.1, -0.05) is 18.2 Å². The third-order valence-electron chi connectivity index (χ3n) is 3.86. The highest BCUT2D eigenvalue weighted by molar-refractivity contribution is 5.85. The third kappa shape index (κ3) is 2.53. The van der Waals surface area contributed by atoms with Gasteiger partial charge >= 0.3 is 0 Å². The monoisotopic (exact) mass is 295 g/mol. The van der Waals surface area contributed by atoms with Crippen LogP contribution in [0.2, 0.25) is 0 Å². The number of imidazole rings is 1. The Kier molecular flexibility index (Phi) is 3.44. The van der Waals surface area contributed by atoms with Gasteiger partial charge in [-0.3, -0.25) is 0 Å². The lowest BCUT2D eigenvalue weighted by Crippen LogP contribution is -2.14. The molecular weight excluding hydrogens is 278 g/mol. The van der Waals surface area contributed by atoms with Gasteiger partial charge in [-0.2, -0.15) is 0 Å². The lowest BCUT2D eigenvalue weighted by atomic mass is 10.2. The molecule has 0 amide bonds. The zero-order chi connectivity index (χ0) is 14.8. The second kappa shape index (κ2) is 5.73. The molecule has 2 aromatic heterocycles. The molecule has 1 N–H and O–H groups in total. The highest BCUT2D eigenvalue weighted by atomic mass is 16.5. The van der Waals surface area contributed by atoms with Crippen molar-refractivity contribution < 1.29 is 4.74 Å². The van der Waals surface area contributed by atoms with Crippen LogP contribution in [0.3, 0.4) is 0 Å². The summed E-state index contributed by atoms with van der Waals surface area (Å²) in [5, 5.41) is 3.30. The SMILES string of the molecule is c1ccc(Nc2ncnc3c2ncn3CC2CCCO2)cc1. The van der Waals surface area contributed by atoms with Crippen molar-refractivity contribution in [1.82, 2.24) is 19.5 Å². The van der Waals surface area contributed by atoms with Crippen molar-refractivity contribution >= 4 is 22.7 Å². The van der Waals surface area contributed by atoms with Crippen LogP contribution in [0.4, 0.5) is 11.5 Å². The highest BCUT2D eigenvalue weighted by Gasteiger charge is 2.18. The predicted octanol–water partition coefficient (Wildman–Crippen LogP) is 2.75. The van der Waals surface area contributed by atoms with Gasteiger partial charge in [0.1, 0.15) is 6.33 Å². The van der Waals surface area contributed by atoms with Crippen LogP contribution in [-0.2, 0) is 11.3 Å². The minimum atomic E-state index is 0.262. The van der Waals surface area contributed by atoms with Gasteiger partial charge in [0.05, 0.1) is 19.0 Å². The Hall–Kier alpha value is -2.47. The van der Waals surface area contributed by atoms with E-state index in [1.165, 1.54) is 0 Å². The molecule has 1 aliphatic rings. The smallest absolute Gasteiger partial charge is 0.165 e. The van der Waals surface area contributed by atoms with Crippen molar-refractivity contribution in [2.45, 2.75) is 25.5 Å². The lowest BCUT2D eigenvalue weighted by Gasteiger charge is -2.10. The first-order valence-electron chi connectivity index (χ1n) is 7.50. The van der Waals surface area contributed by atoms with Gasteiger partial charge in [0, 0.05) is 12.3 Å². The van der Waals surface area contributed by atoms with Gasteiger partial charge in [0.25, 0.3) is 0 Å². The molecule has 1 fully saturated rings. The van der Waals surface area contributed by atoms with Crippen LogP contribution in [0.15, 0.2) is 43.0 Å². The van der Waals surface area contributed by atoms with Crippen molar-refractivity contribution in [3.63, 3.8) is 0 Å². The van der Waals surface area contributed by atoms with Gasteiger partial charge in [-0.05, 0) is 25.0 Å². The number of para-hydroxylation sites is 1. The Morgan fingerprint density at radius 3 is 2.91 bits per heavy atom. The van der Waals surface area contributed by atoms with Crippen molar-refractivity contribution in [3.8, 4) is 0 Å². The van der Waals surface area contributed by atoms with Crippen LogP contribution in [-0.4, -0.2) is 32.2 Å². The third-order valence-corrected chi connectivity index (χ3v) is 3.86. The molecule has 3 aromatic rings. The Morgan fingerprint density at radius 1 is 1.18 bits per heavy atom. The summed E-state index contributed by atoms with van der Waals surface area (Å²) < 4.78 is 7.74. The second-order valence-electron chi connectivity index (χ2n) is 5.42. The molecule has 1 aliphatic heterocycles. The first-order chi connectivity index (χ1) is 10.9. The number of hydrogen-bond acceptors (Lipinski definition) is 5. The zero-order valence-corrected chi connectivity index (χ0v) is 12.1. The van der Waals surface area contributed by atoms with E-state index < -0.39 is 0 Å². The van der Waals surface area contributed by atoms with Crippen LogP contribution in [0, 0.1) is 0 Å². The number of benzene rings is 1. The van der Waals surface area contributed by atoms with E-state index in [0.29, 0.717) is 0 Å². The van der Waals surface area contributed by atoms with Crippen molar-refractivity contribution in [2.24, 2.45) is 0 Å². The molecule has 3 heterocycles. The zero-order valence-electron chi connectivity index (χ0n) is 12.1. The average molecular weight is 295 g/mol. The Balaban J connectivity index is 1.64. The molecule has 6 heteroatoms. The van der Waals surface area contributed by atoms with E-state index in [-0.39, 0.29) is 6.10 Å². The number of anilines is 2. The molecule has 1 unspecified atom stereocenters. The predicted molar refractivity (Wildman–Crippen MR) is 84.0 cm³/mol. The molecule has 4 rings (SSSR count). The summed E-state index contributed by atoms with van der Waals surface area (Å²) in [7, 11) is 0. The summed E-state index contributed by atoms with van der Waals surface area (Å²) in [6.07, 6.45) is 5.88.